The van der Waals surface area contributed by atoms with E-state index in [1.54, 1.807) is 7.11 Å². The summed E-state index contributed by atoms with van der Waals surface area (Å²) in [6.07, 6.45) is 1.78. The van der Waals surface area contributed by atoms with Crippen LogP contribution in [0, 0.1) is 0 Å². The highest BCUT2D eigenvalue weighted by atomic mass is 16.5. The number of methoxy groups -OCH3 is 1. The molecule has 1 rings (SSSR count). The largest absolute Gasteiger partial charge is 0.385 e. The third-order valence-corrected chi connectivity index (χ3v) is 3.13. The number of ether oxygens (including phenoxy) is 1. The number of hydrogen-bond acceptors (Lipinski definition) is 2. The van der Waals surface area contributed by atoms with Crippen LogP contribution in [0.1, 0.15) is 44.2 Å². The van der Waals surface area contributed by atoms with Gasteiger partial charge in [-0.05, 0) is 36.8 Å². The molecular formula is C15H25NO. The van der Waals surface area contributed by atoms with E-state index < -0.39 is 0 Å². The maximum absolute atomic E-state index is 6.25. The summed E-state index contributed by atoms with van der Waals surface area (Å²) in [5.41, 5.74) is 8.75. The fourth-order valence-electron chi connectivity index (χ4n) is 1.91. The molecule has 0 amide bonds. The average Bonchev–Trinajstić information content (AvgIpc) is 2.26. The van der Waals surface area contributed by atoms with Crippen molar-refractivity contribution in [3.05, 3.63) is 35.4 Å². The first-order chi connectivity index (χ1) is 7.94. The predicted octanol–water partition coefficient (Wildman–Crippen LogP) is 3.11. The summed E-state index contributed by atoms with van der Waals surface area (Å²) < 4.78 is 5.09. The highest BCUT2D eigenvalue weighted by Gasteiger charge is 2.18. The zero-order chi connectivity index (χ0) is 12.9. The van der Waals surface area contributed by atoms with Gasteiger partial charge in [0.1, 0.15) is 0 Å². The van der Waals surface area contributed by atoms with Gasteiger partial charge in [0.15, 0.2) is 0 Å². The molecule has 1 unspecified atom stereocenters. The highest BCUT2D eigenvalue weighted by Crippen LogP contribution is 2.18. The smallest absolute Gasteiger partial charge is 0.0479 e. The van der Waals surface area contributed by atoms with E-state index in [9.17, 15) is 0 Å². The molecule has 0 bridgehead atoms. The van der Waals surface area contributed by atoms with Gasteiger partial charge in [-0.25, -0.2) is 0 Å². The van der Waals surface area contributed by atoms with Crippen molar-refractivity contribution < 1.29 is 4.74 Å². The van der Waals surface area contributed by atoms with Gasteiger partial charge in [0.2, 0.25) is 0 Å². The van der Waals surface area contributed by atoms with Crippen LogP contribution < -0.4 is 5.73 Å². The van der Waals surface area contributed by atoms with Crippen LogP contribution in [-0.2, 0) is 11.2 Å². The summed E-state index contributed by atoms with van der Waals surface area (Å²) >= 11 is 0. The van der Waals surface area contributed by atoms with Gasteiger partial charge in [0, 0.05) is 19.3 Å². The predicted molar refractivity (Wildman–Crippen MR) is 73.3 cm³/mol. The first kappa shape index (κ1) is 14.2. The van der Waals surface area contributed by atoms with Gasteiger partial charge in [0.05, 0.1) is 0 Å². The lowest BCUT2D eigenvalue weighted by Crippen LogP contribution is -2.39. The lowest BCUT2D eigenvalue weighted by atomic mass is 9.90. The number of rotatable bonds is 6. The average molecular weight is 235 g/mol. The molecular weight excluding hydrogens is 210 g/mol. The Morgan fingerprint density at radius 1 is 1.24 bits per heavy atom. The van der Waals surface area contributed by atoms with Crippen molar-refractivity contribution >= 4 is 0 Å². The molecule has 2 nitrogen and oxygen atoms in total. The van der Waals surface area contributed by atoms with E-state index in [2.05, 4.69) is 45.0 Å². The molecule has 0 heterocycles. The van der Waals surface area contributed by atoms with Gasteiger partial charge in [0.25, 0.3) is 0 Å². The van der Waals surface area contributed by atoms with Gasteiger partial charge in [-0.3, -0.25) is 0 Å². The van der Waals surface area contributed by atoms with Crippen LogP contribution in [0.5, 0.6) is 0 Å². The van der Waals surface area contributed by atoms with Crippen molar-refractivity contribution in [3.63, 3.8) is 0 Å². The van der Waals surface area contributed by atoms with E-state index in [-0.39, 0.29) is 5.54 Å². The minimum Gasteiger partial charge on any atom is -0.385 e. The molecule has 2 N–H and O–H groups in total. The molecule has 1 atom stereocenters. The molecule has 0 fully saturated rings. The summed E-state index contributed by atoms with van der Waals surface area (Å²) in [5, 5.41) is 0. The molecule has 17 heavy (non-hydrogen) atoms. The van der Waals surface area contributed by atoms with Crippen LogP contribution in [0.15, 0.2) is 24.3 Å². The third-order valence-electron chi connectivity index (χ3n) is 3.13. The monoisotopic (exact) mass is 235 g/mol. The van der Waals surface area contributed by atoms with E-state index >= 15 is 0 Å². The standard InChI is InChI=1S/C15H25NO/c1-12(2)14-7-5-13(6-8-14)11-15(3,16)9-10-17-4/h5-8,12H,9-11,16H2,1-4H3. The Labute approximate surface area is 105 Å². The van der Waals surface area contributed by atoms with Crippen molar-refractivity contribution in [3.8, 4) is 0 Å². The normalized spacial score (nSPS) is 14.9. The van der Waals surface area contributed by atoms with E-state index in [1.807, 2.05) is 0 Å². The van der Waals surface area contributed by atoms with E-state index in [0.717, 1.165) is 19.4 Å². The van der Waals surface area contributed by atoms with Crippen molar-refractivity contribution in [1.29, 1.82) is 0 Å². The molecule has 0 spiro atoms. The summed E-state index contributed by atoms with van der Waals surface area (Å²) in [7, 11) is 1.72. The van der Waals surface area contributed by atoms with E-state index in [0.29, 0.717) is 5.92 Å². The Kier molecular flexibility index (Phi) is 5.16. The molecule has 96 valence electrons. The van der Waals surface area contributed by atoms with Gasteiger partial charge >= 0.3 is 0 Å². The molecule has 0 aliphatic heterocycles. The Bertz CT molecular complexity index is 327. The van der Waals surface area contributed by atoms with Crippen LogP contribution in [0.4, 0.5) is 0 Å². The van der Waals surface area contributed by atoms with Crippen LogP contribution in [-0.4, -0.2) is 19.3 Å². The molecule has 0 aromatic heterocycles. The Balaban J connectivity index is 2.62. The van der Waals surface area contributed by atoms with Crippen LogP contribution >= 0.6 is 0 Å². The van der Waals surface area contributed by atoms with Crippen molar-refractivity contribution in [2.75, 3.05) is 13.7 Å². The van der Waals surface area contributed by atoms with Gasteiger partial charge in [-0.15, -0.1) is 0 Å². The fourth-order valence-corrected chi connectivity index (χ4v) is 1.91. The zero-order valence-corrected chi connectivity index (χ0v) is 11.5. The SMILES string of the molecule is COCCC(C)(N)Cc1ccc(C(C)C)cc1. The number of benzene rings is 1. The van der Waals surface area contributed by atoms with Crippen molar-refractivity contribution in [2.24, 2.45) is 5.73 Å². The quantitative estimate of drug-likeness (QED) is 0.822. The molecule has 1 aromatic carbocycles. The van der Waals surface area contributed by atoms with Crippen LogP contribution in [0.25, 0.3) is 0 Å². The highest BCUT2D eigenvalue weighted by molar-refractivity contribution is 5.25. The Morgan fingerprint density at radius 2 is 1.82 bits per heavy atom. The minimum atomic E-state index is -0.185. The fraction of sp³-hybridized carbons (Fsp3) is 0.600. The Hall–Kier alpha value is -0.860. The second kappa shape index (κ2) is 6.18. The molecule has 2 heteroatoms. The first-order valence-corrected chi connectivity index (χ1v) is 6.31. The van der Waals surface area contributed by atoms with Crippen LogP contribution in [0.3, 0.4) is 0 Å². The first-order valence-electron chi connectivity index (χ1n) is 6.31. The van der Waals surface area contributed by atoms with Crippen molar-refractivity contribution in [1.82, 2.24) is 0 Å². The summed E-state index contributed by atoms with van der Waals surface area (Å²) in [5.74, 6) is 0.585. The second-order valence-corrected chi connectivity index (χ2v) is 5.47. The maximum atomic E-state index is 6.25. The minimum absolute atomic E-state index is 0.185. The van der Waals surface area contributed by atoms with E-state index in [1.165, 1.54) is 11.1 Å². The summed E-state index contributed by atoms with van der Waals surface area (Å²) in [6, 6.07) is 8.78. The number of hydrogen-bond donors (Lipinski definition) is 1. The zero-order valence-electron chi connectivity index (χ0n) is 11.5. The van der Waals surface area contributed by atoms with Crippen LogP contribution in [0.2, 0.25) is 0 Å². The Morgan fingerprint density at radius 3 is 2.29 bits per heavy atom. The third kappa shape index (κ3) is 4.88. The second-order valence-electron chi connectivity index (χ2n) is 5.47. The van der Waals surface area contributed by atoms with Crippen molar-refractivity contribution in [2.45, 2.75) is 45.1 Å². The van der Waals surface area contributed by atoms with E-state index in [4.69, 9.17) is 10.5 Å². The topological polar surface area (TPSA) is 35.2 Å². The van der Waals surface area contributed by atoms with Gasteiger partial charge < -0.3 is 10.5 Å². The van der Waals surface area contributed by atoms with Gasteiger partial charge in [-0.1, -0.05) is 38.1 Å². The lowest BCUT2D eigenvalue weighted by Gasteiger charge is -2.24. The molecule has 0 aliphatic carbocycles. The van der Waals surface area contributed by atoms with Gasteiger partial charge in [-0.2, -0.15) is 0 Å². The summed E-state index contributed by atoms with van der Waals surface area (Å²) in [4.78, 5) is 0. The molecule has 0 aliphatic rings. The number of nitrogens with two attached hydrogens (primary N) is 1. The molecule has 0 saturated heterocycles. The molecule has 0 saturated carbocycles. The summed E-state index contributed by atoms with van der Waals surface area (Å²) in [6.45, 7) is 7.22. The maximum Gasteiger partial charge on any atom is 0.0479 e. The lowest BCUT2D eigenvalue weighted by molar-refractivity contribution is 0.171. The molecule has 1 aromatic rings. The molecule has 0 radical (unpaired) electrons.